The molecule has 2 amide bonds. The molecule has 1 aromatic rings. The Hall–Kier alpha value is -1.72. The molecule has 1 unspecified atom stereocenters. The molecule has 26 heavy (non-hydrogen) atoms. The summed E-state index contributed by atoms with van der Waals surface area (Å²) in [6.07, 6.45) is 2.92. The van der Waals surface area contributed by atoms with Gasteiger partial charge >= 0.3 is 0 Å². The summed E-state index contributed by atoms with van der Waals surface area (Å²) in [4.78, 5) is 25.1. The number of aliphatic hydroxyl groups excluding tert-OH is 1. The van der Waals surface area contributed by atoms with Crippen LogP contribution in [0.4, 0.5) is 0 Å². The van der Waals surface area contributed by atoms with Crippen LogP contribution in [-0.4, -0.2) is 41.5 Å². The second kappa shape index (κ2) is 11.1. The van der Waals surface area contributed by atoms with Gasteiger partial charge in [-0.05, 0) is 50.8 Å². The fourth-order valence-corrected chi connectivity index (χ4v) is 2.68. The minimum absolute atomic E-state index is 0.00990. The predicted molar refractivity (Wildman–Crippen MR) is 106 cm³/mol. The number of halogens is 2. The van der Waals surface area contributed by atoms with Gasteiger partial charge in [-0.1, -0.05) is 36.2 Å². The van der Waals surface area contributed by atoms with Gasteiger partial charge in [0.25, 0.3) is 5.91 Å². The van der Waals surface area contributed by atoms with Gasteiger partial charge in [-0.3, -0.25) is 9.59 Å². The van der Waals surface area contributed by atoms with Gasteiger partial charge in [0.2, 0.25) is 6.41 Å². The number of carbonyl (C=O) groups excluding carboxylic acids is 2. The largest absolute Gasteiger partial charge is 0.512 e. The van der Waals surface area contributed by atoms with Crippen molar-refractivity contribution in [2.24, 2.45) is 0 Å². The first-order chi connectivity index (χ1) is 12.3. The van der Waals surface area contributed by atoms with E-state index in [0.717, 1.165) is 18.4 Å². The number of rotatable bonds is 10. The first-order valence-electron chi connectivity index (χ1n) is 8.62. The molecule has 0 spiro atoms. The molecule has 0 bridgehead atoms. The molecule has 2 N–H and O–H groups in total. The molecular weight excluding hydrogens is 375 g/mol. The number of carbonyl (C=O) groups is 2. The van der Waals surface area contributed by atoms with Crippen LogP contribution < -0.4 is 5.32 Å². The molecule has 0 aliphatic carbocycles. The maximum atomic E-state index is 12.3. The zero-order valence-corrected chi connectivity index (χ0v) is 16.9. The van der Waals surface area contributed by atoms with Gasteiger partial charge in [0.15, 0.2) is 0 Å². The SMILES string of the molecule is CCC(C)N(C=O)C/C(C(=O)NCCCc1ccc(Cl)c(Cl)c1)=C(\C)O. The summed E-state index contributed by atoms with van der Waals surface area (Å²) in [5.41, 5.74) is 1.23. The average Bonchev–Trinajstić information content (AvgIpc) is 2.61. The molecular formula is C19H26Cl2N2O3. The standard InChI is InChI=1S/C19H26Cl2N2O3/c1-4-13(2)23(12-24)11-16(14(3)25)19(26)22-9-5-6-15-7-8-17(20)18(21)10-15/h7-8,10,12-13,25H,4-6,9,11H2,1-3H3,(H,22,26)/b16-14-. The second-order valence-electron chi connectivity index (χ2n) is 6.21. The fraction of sp³-hybridized carbons (Fsp3) is 0.474. The lowest BCUT2D eigenvalue weighted by molar-refractivity contribution is -0.120. The number of allylic oxidation sites excluding steroid dienone is 1. The van der Waals surface area contributed by atoms with E-state index in [-0.39, 0.29) is 29.8 Å². The van der Waals surface area contributed by atoms with Crippen molar-refractivity contribution < 1.29 is 14.7 Å². The second-order valence-corrected chi connectivity index (χ2v) is 7.02. The molecule has 1 aromatic carbocycles. The number of aryl methyl sites for hydroxylation is 1. The predicted octanol–water partition coefficient (Wildman–Crippen LogP) is 4.13. The van der Waals surface area contributed by atoms with Crippen molar-refractivity contribution in [1.82, 2.24) is 10.2 Å². The van der Waals surface area contributed by atoms with Crippen molar-refractivity contribution in [1.29, 1.82) is 0 Å². The van der Waals surface area contributed by atoms with E-state index < -0.39 is 0 Å². The van der Waals surface area contributed by atoms with Crippen LogP contribution in [0.2, 0.25) is 10.0 Å². The summed E-state index contributed by atoms with van der Waals surface area (Å²) >= 11 is 11.9. The third kappa shape index (κ3) is 6.89. The fourth-order valence-electron chi connectivity index (χ4n) is 2.36. The van der Waals surface area contributed by atoms with E-state index in [4.69, 9.17) is 23.2 Å². The topological polar surface area (TPSA) is 69.6 Å². The normalized spacial score (nSPS) is 13.0. The number of hydrogen-bond donors (Lipinski definition) is 2. The number of hydrogen-bond acceptors (Lipinski definition) is 3. The molecule has 0 saturated carbocycles. The quantitative estimate of drug-likeness (QED) is 0.268. The molecule has 5 nitrogen and oxygen atoms in total. The Bertz CT molecular complexity index is 658. The minimum atomic E-state index is -0.366. The summed E-state index contributed by atoms with van der Waals surface area (Å²) in [6.45, 7) is 5.83. The number of nitrogens with zero attached hydrogens (tertiary/aromatic N) is 1. The van der Waals surface area contributed by atoms with Gasteiger partial charge in [0, 0.05) is 12.6 Å². The molecule has 0 aromatic heterocycles. The van der Waals surface area contributed by atoms with E-state index in [9.17, 15) is 14.7 Å². The van der Waals surface area contributed by atoms with Crippen LogP contribution >= 0.6 is 23.2 Å². The van der Waals surface area contributed by atoms with Crippen molar-refractivity contribution in [3.05, 3.63) is 45.1 Å². The first-order valence-corrected chi connectivity index (χ1v) is 9.37. The molecule has 0 heterocycles. The Labute approximate surface area is 165 Å². The van der Waals surface area contributed by atoms with E-state index in [1.807, 2.05) is 26.0 Å². The Kier molecular flexibility index (Phi) is 9.52. The van der Waals surface area contributed by atoms with Crippen molar-refractivity contribution in [2.75, 3.05) is 13.1 Å². The Balaban J connectivity index is 2.56. The smallest absolute Gasteiger partial charge is 0.252 e. The monoisotopic (exact) mass is 400 g/mol. The highest BCUT2D eigenvalue weighted by Crippen LogP contribution is 2.23. The van der Waals surface area contributed by atoms with Crippen molar-refractivity contribution in [3.63, 3.8) is 0 Å². The molecule has 7 heteroatoms. The maximum absolute atomic E-state index is 12.3. The van der Waals surface area contributed by atoms with E-state index in [1.54, 1.807) is 6.07 Å². The van der Waals surface area contributed by atoms with Crippen LogP contribution in [0.5, 0.6) is 0 Å². The van der Waals surface area contributed by atoms with Crippen LogP contribution in [0.1, 0.15) is 39.2 Å². The maximum Gasteiger partial charge on any atom is 0.252 e. The number of benzene rings is 1. The zero-order valence-electron chi connectivity index (χ0n) is 15.4. The van der Waals surface area contributed by atoms with Gasteiger partial charge < -0.3 is 15.3 Å². The summed E-state index contributed by atoms with van der Waals surface area (Å²) in [5, 5.41) is 13.6. The van der Waals surface area contributed by atoms with Crippen LogP contribution in [-0.2, 0) is 16.0 Å². The van der Waals surface area contributed by atoms with Gasteiger partial charge in [-0.25, -0.2) is 0 Å². The van der Waals surface area contributed by atoms with E-state index in [1.165, 1.54) is 11.8 Å². The highest BCUT2D eigenvalue weighted by Gasteiger charge is 2.19. The van der Waals surface area contributed by atoms with Gasteiger partial charge in [-0.15, -0.1) is 0 Å². The van der Waals surface area contributed by atoms with E-state index >= 15 is 0 Å². The Morgan fingerprint density at radius 2 is 2.04 bits per heavy atom. The van der Waals surface area contributed by atoms with Gasteiger partial charge in [0.1, 0.15) is 0 Å². The lowest BCUT2D eigenvalue weighted by Gasteiger charge is -2.25. The van der Waals surface area contributed by atoms with Crippen molar-refractivity contribution in [3.8, 4) is 0 Å². The van der Waals surface area contributed by atoms with Crippen LogP contribution in [0, 0.1) is 0 Å². The van der Waals surface area contributed by atoms with Crippen LogP contribution in [0.15, 0.2) is 29.5 Å². The average molecular weight is 401 g/mol. The molecule has 1 rings (SSSR count). The van der Waals surface area contributed by atoms with E-state index in [2.05, 4.69) is 5.32 Å². The zero-order chi connectivity index (χ0) is 19.7. The van der Waals surface area contributed by atoms with Crippen LogP contribution in [0.25, 0.3) is 0 Å². The number of aliphatic hydroxyl groups is 1. The summed E-state index contributed by atoms with van der Waals surface area (Å²) in [5.74, 6) is -0.448. The third-order valence-corrected chi connectivity index (χ3v) is 4.99. The van der Waals surface area contributed by atoms with Gasteiger partial charge in [0.05, 0.1) is 27.9 Å². The molecule has 0 fully saturated rings. The molecule has 0 aliphatic heterocycles. The Morgan fingerprint density at radius 1 is 1.35 bits per heavy atom. The van der Waals surface area contributed by atoms with E-state index in [0.29, 0.717) is 29.4 Å². The molecule has 144 valence electrons. The minimum Gasteiger partial charge on any atom is -0.512 e. The molecule has 0 aliphatic rings. The number of amides is 2. The summed E-state index contributed by atoms with van der Waals surface area (Å²) in [6, 6.07) is 5.44. The Morgan fingerprint density at radius 3 is 2.58 bits per heavy atom. The first kappa shape index (κ1) is 22.3. The van der Waals surface area contributed by atoms with Crippen LogP contribution in [0.3, 0.4) is 0 Å². The van der Waals surface area contributed by atoms with Crippen molar-refractivity contribution in [2.45, 2.75) is 46.1 Å². The highest BCUT2D eigenvalue weighted by atomic mass is 35.5. The van der Waals surface area contributed by atoms with Crippen molar-refractivity contribution >= 4 is 35.5 Å². The van der Waals surface area contributed by atoms with Gasteiger partial charge in [-0.2, -0.15) is 0 Å². The molecule has 0 saturated heterocycles. The molecule has 1 atom stereocenters. The molecule has 0 radical (unpaired) electrons. The summed E-state index contributed by atoms with van der Waals surface area (Å²) < 4.78 is 0. The summed E-state index contributed by atoms with van der Waals surface area (Å²) in [7, 11) is 0. The lowest BCUT2D eigenvalue weighted by Crippen LogP contribution is -2.38. The third-order valence-electron chi connectivity index (χ3n) is 4.26. The lowest BCUT2D eigenvalue weighted by atomic mass is 10.1. The highest BCUT2D eigenvalue weighted by molar-refractivity contribution is 6.42. The number of nitrogens with one attached hydrogen (secondary N) is 1.